The molecule has 3 atom stereocenters. The summed E-state index contributed by atoms with van der Waals surface area (Å²) in [6, 6.07) is 4.04. The van der Waals surface area contributed by atoms with Crippen LogP contribution in [0.2, 0.25) is 0 Å². The lowest BCUT2D eigenvalue weighted by atomic mass is 9.73. The number of hydrogen-bond acceptors (Lipinski definition) is 2. The summed E-state index contributed by atoms with van der Waals surface area (Å²) in [7, 11) is 0. The lowest BCUT2D eigenvalue weighted by molar-refractivity contribution is 0.0515. The van der Waals surface area contributed by atoms with E-state index >= 15 is 0 Å². The Labute approximate surface area is 110 Å². The molecule has 1 saturated carbocycles. The van der Waals surface area contributed by atoms with Crippen LogP contribution < -0.4 is 0 Å². The molecule has 3 unspecified atom stereocenters. The molecule has 0 radical (unpaired) electrons. The molecule has 0 spiro atoms. The van der Waals surface area contributed by atoms with Crippen molar-refractivity contribution < 1.29 is 5.11 Å². The van der Waals surface area contributed by atoms with Crippen LogP contribution in [0.4, 0.5) is 0 Å². The van der Waals surface area contributed by atoms with Gasteiger partial charge in [0.25, 0.3) is 0 Å². The second-order valence-corrected chi connectivity index (χ2v) is 6.02. The SMILES string of the molecule is CCc1cccnc1C(O)C1CC(C)CC(C)C1. The second kappa shape index (κ2) is 5.83. The van der Waals surface area contributed by atoms with Gasteiger partial charge in [-0.2, -0.15) is 0 Å². The highest BCUT2D eigenvalue weighted by Crippen LogP contribution is 2.39. The van der Waals surface area contributed by atoms with Gasteiger partial charge in [-0.3, -0.25) is 4.98 Å². The van der Waals surface area contributed by atoms with Crippen LogP contribution in [-0.2, 0) is 6.42 Å². The van der Waals surface area contributed by atoms with Gasteiger partial charge in [0.05, 0.1) is 11.8 Å². The van der Waals surface area contributed by atoms with Gasteiger partial charge in [-0.05, 0) is 55.1 Å². The Kier molecular flexibility index (Phi) is 4.39. The number of hydrogen-bond donors (Lipinski definition) is 1. The van der Waals surface area contributed by atoms with Crippen LogP contribution >= 0.6 is 0 Å². The number of aromatic nitrogens is 1. The first-order valence-corrected chi connectivity index (χ1v) is 7.23. The number of rotatable bonds is 3. The van der Waals surface area contributed by atoms with E-state index in [0.29, 0.717) is 5.92 Å². The first kappa shape index (κ1) is 13.5. The summed E-state index contributed by atoms with van der Waals surface area (Å²) in [5, 5.41) is 10.6. The van der Waals surface area contributed by atoms with Crippen molar-refractivity contribution in [2.75, 3.05) is 0 Å². The molecule has 1 aliphatic carbocycles. The van der Waals surface area contributed by atoms with E-state index in [2.05, 4.69) is 31.8 Å². The topological polar surface area (TPSA) is 33.1 Å². The number of aliphatic hydroxyl groups is 1. The Hall–Kier alpha value is -0.890. The van der Waals surface area contributed by atoms with Crippen LogP contribution in [0.15, 0.2) is 18.3 Å². The van der Waals surface area contributed by atoms with Crippen molar-refractivity contribution in [1.29, 1.82) is 0 Å². The zero-order valence-corrected chi connectivity index (χ0v) is 11.8. The fourth-order valence-electron chi connectivity index (χ4n) is 3.51. The Bertz CT molecular complexity index is 380. The van der Waals surface area contributed by atoms with Gasteiger partial charge in [-0.25, -0.2) is 0 Å². The maximum Gasteiger partial charge on any atom is 0.0990 e. The van der Waals surface area contributed by atoms with E-state index in [9.17, 15) is 5.11 Å². The minimum absolute atomic E-state index is 0.379. The molecule has 1 fully saturated rings. The minimum atomic E-state index is -0.383. The molecule has 1 aromatic rings. The van der Waals surface area contributed by atoms with E-state index in [4.69, 9.17) is 0 Å². The molecule has 1 aliphatic rings. The summed E-state index contributed by atoms with van der Waals surface area (Å²) in [4.78, 5) is 4.42. The molecule has 0 bridgehead atoms. The van der Waals surface area contributed by atoms with Crippen molar-refractivity contribution in [2.45, 2.75) is 52.6 Å². The molecule has 0 saturated heterocycles. The molecular formula is C16H25NO. The monoisotopic (exact) mass is 247 g/mol. The number of nitrogens with zero attached hydrogens (tertiary/aromatic N) is 1. The summed E-state index contributed by atoms with van der Waals surface area (Å²) in [6.45, 7) is 6.72. The van der Waals surface area contributed by atoms with Crippen LogP contribution in [0.3, 0.4) is 0 Å². The number of aryl methyl sites for hydroxylation is 1. The Morgan fingerprint density at radius 3 is 2.56 bits per heavy atom. The van der Waals surface area contributed by atoms with Crippen molar-refractivity contribution >= 4 is 0 Å². The summed E-state index contributed by atoms with van der Waals surface area (Å²) in [6.07, 6.45) is 5.92. The summed E-state index contributed by atoms with van der Waals surface area (Å²) in [5.41, 5.74) is 2.10. The third-order valence-electron chi connectivity index (χ3n) is 4.25. The predicted octanol–water partition coefficient (Wildman–Crippen LogP) is 3.75. The van der Waals surface area contributed by atoms with Crippen molar-refractivity contribution in [1.82, 2.24) is 4.98 Å². The standard InChI is InChI=1S/C16H25NO/c1-4-13-6-5-7-17-15(13)16(18)14-9-11(2)8-12(3)10-14/h5-7,11-12,14,16,18H,4,8-10H2,1-3H3. The van der Waals surface area contributed by atoms with Gasteiger partial charge < -0.3 is 5.11 Å². The normalized spacial score (nSPS) is 30.1. The fourth-order valence-corrected chi connectivity index (χ4v) is 3.51. The third-order valence-corrected chi connectivity index (χ3v) is 4.25. The number of aliphatic hydroxyl groups excluding tert-OH is 1. The zero-order chi connectivity index (χ0) is 13.1. The van der Waals surface area contributed by atoms with E-state index in [-0.39, 0.29) is 6.10 Å². The molecule has 2 heteroatoms. The average Bonchev–Trinajstić information content (AvgIpc) is 2.36. The second-order valence-electron chi connectivity index (χ2n) is 6.02. The van der Waals surface area contributed by atoms with E-state index in [1.165, 1.54) is 12.0 Å². The quantitative estimate of drug-likeness (QED) is 0.882. The van der Waals surface area contributed by atoms with Gasteiger partial charge in [0.15, 0.2) is 0 Å². The maximum absolute atomic E-state index is 10.6. The molecule has 0 aromatic carbocycles. The molecule has 100 valence electrons. The van der Waals surface area contributed by atoms with Gasteiger partial charge in [0.1, 0.15) is 0 Å². The van der Waals surface area contributed by atoms with Gasteiger partial charge in [0, 0.05) is 6.20 Å². The molecule has 1 heterocycles. The number of pyridine rings is 1. The molecule has 0 amide bonds. The highest BCUT2D eigenvalue weighted by molar-refractivity contribution is 5.22. The van der Waals surface area contributed by atoms with E-state index in [1.807, 2.05) is 6.07 Å². The molecule has 18 heavy (non-hydrogen) atoms. The highest BCUT2D eigenvalue weighted by atomic mass is 16.3. The van der Waals surface area contributed by atoms with Gasteiger partial charge in [-0.15, -0.1) is 0 Å². The van der Waals surface area contributed by atoms with Crippen LogP contribution in [-0.4, -0.2) is 10.1 Å². The molecule has 2 rings (SSSR count). The first-order chi connectivity index (χ1) is 8.61. The Morgan fingerprint density at radius 2 is 1.94 bits per heavy atom. The van der Waals surface area contributed by atoms with E-state index < -0.39 is 0 Å². The van der Waals surface area contributed by atoms with Gasteiger partial charge >= 0.3 is 0 Å². The zero-order valence-electron chi connectivity index (χ0n) is 11.8. The van der Waals surface area contributed by atoms with E-state index in [0.717, 1.165) is 36.8 Å². The molecule has 1 N–H and O–H groups in total. The van der Waals surface area contributed by atoms with Gasteiger partial charge in [-0.1, -0.05) is 26.8 Å². The van der Waals surface area contributed by atoms with Crippen molar-refractivity contribution in [3.63, 3.8) is 0 Å². The highest BCUT2D eigenvalue weighted by Gasteiger charge is 2.31. The van der Waals surface area contributed by atoms with Crippen LogP contribution in [0.25, 0.3) is 0 Å². The minimum Gasteiger partial charge on any atom is -0.387 e. The summed E-state index contributed by atoms with van der Waals surface area (Å²) in [5.74, 6) is 1.83. The van der Waals surface area contributed by atoms with Crippen LogP contribution in [0.1, 0.15) is 57.4 Å². The van der Waals surface area contributed by atoms with Gasteiger partial charge in [0.2, 0.25) is 0 Å². The third kappa shape index (κ3) is 2.92. The Balaban J connectivity index is 2.17. The molecule has 0 aliphatic heterocycles. The molecule has 1 aromatic heterocycles. The summed E-state index contributed by atoms with van der Waals surface area (Å²) >= 11 is 0. The van der Waals surface area contributed by atoms with Crippen molar-refractivity contribution in [3.05, 3.63) is 29.6 Å². The lowest BCUT2D eigenvalue weighted by Gasteiger charge is -2.34. The van der Waals surface area contributed by atoms with E-state index in [1.54, 1.807) is 6.20 Å². The van der Waals surface area contributed by atoms with Crippen LogP contribution in [0, 0.1) is 17.8 Å². The largest absolute Gasteiger partial charge is 0.387 e. The molecule has 2 nitrogen and oxygen atoms in total. The summed E-state index contributed by atoms with van der Waals surface area (Å²) < 4.78 is 0. The average molecular weight is 247 g/mol. The van der Waals surface area contributed by atoms with Crippen molar-refractivity contribution in [2.24, 2.45) is 17.8 Å². The van der Waals surface area contributed by atoms with Crippen LogP contribution in [0.5, 0.6) is 0 Å². The smallest absolute Gasteiger partial charge is 0.0990 e. The predicted molar refractivity (Wildman–Crippen MR) is 74.2 cm³/mol. The lowest BCUT2D eigenvalue weighted by Crippen LogP contribution is -2.25. The Morgan fingerprint density at radius 1 is 1.28 bits per heavy atom. The maximum atomic E-state index is 10.6. The fraction of sp³-hybridized carbons (Fsp3) is 0.688. The first-order valence-electron chi connectivity index (χ1n) is 7.23. The molecular weight excluding hydrogens is 222 g/mol. The van der Waals surface area contributed by atoms with Crippen molar-refractivity contribution in [3.8, 4) is 0 Å².